The van der Waals surface area contributed by atoms with Crippen LogP contribution < -0.4 is 4.72 Å². The molecule has 3 fully saturated rings. The molecule has 2 amide bonds. The average molecular weight is 422 g/mol. The first kappa shape index (κ1) is 20.3. The molecule has 3 aliphatic rings. The summed E-state index contributed by atoms with van der Waals surface area (Å²) >= 11 is 0. The standard InChI is InChI=1S/C20H27N3O5S/c24-19(15-3-4-15)22-9-11-23(12-10-22)20(25)16-5-7-18(8-6-16)29(26,27)21-14-17-2-1-13-28-17/h5-8,15,17,21H,1-4,9-14H2. The fourth-order valence-corrected chi connectivity index (χ4v) is 4.84. The second-order valence-corrected chi connectivity index (χ2v) is 9.67. The maximum atomic E-state index is 12.7. The Labute approximate surface area is 171 Å². The molecule has 0 bridgehead atoms. The molecule has 1 unspecified atom stereocenters. The van der Waals surface area contributed by atoms with E-state index in [1.165, 1.54) is 12.1 Å². The van der Waals surface area contributed by atoms with Crippen LogP contribution in [-0.2, 0) is 19.6 Å². The van der Waals surface area contributed by atoms with Gasteiger partial charge in [0.15, 0.2) is 0 Å². The van der Waals surface area contributed by atoms with Crippen molar-refractivity contribution in [3.63, 3.8) is 0 Å². The molecule has 8 nitrogen and oxygen atoms in total. The minimum Gasteiger partial charge on any atom is -0.377 e. The normalized spacial score (nSPS) is 22.7. The quantitative estimate of drug-likeness (QED) is 0.734. The topological polar surface area (TPSA) is 96.0 Å². The zero-order valence-corrected chi connectivity index (χ0v) is 17.2. The van der Waals surface area contributed by atoms with Crippen LogP contribution in [0, 0.1) is 5.92 Å². The highest BCUT2D eigenvalue weighted by atomic mass is 32.2. The first-order valence-electron chi connectivity index (χ1n) is 10.2. The Hall–Kier alpha value is -1.97. The van der Waals surface area contributed by atoms with Gasteiger partial charge in [-0.15, -0.1) is 0 Å². The molecule has 0 spiro atoms. The fraction of sp³-hybridized carbons (Fsp3) is 0.600. The zero-order valence-electron chi connectivity index (χ0n) is 16.4. The minimum absolute atomic E-state index is 0.0731. The van der Waals surface area contributed by atoms with Crippen molar-refractivity contribution in [2.45, 2.75) is 36.7 Å². The first-order chi connectivity index (χ1) is 13.9. The van der Waals surface area contributed by atoms with E-state index in [4.69, 9.17) is 4.74 Å². The van der Waals surface area contributed by atoms with Crippen molar-refractivity contribution < 1.29 is 22.7 Å². The largest absolute Gasteiger partial charge is 0.377 e. The van der Waals surface area contributed by atoms with Crippen LogP contribution in [-0.4, -0.2) is 75.5 Å². The van der Waals surface area contributed by atoms with Crippen LogP contribution in [0.15, 0.2) is 29.2 Å². The molecule has 1 saturated carbocycles. The highest BCUT2D eigenvalue weighted by Gasteiger charge is 2.35. The van der Waals surface area contributed by atoms with Crippen LogP contribution >= 0.6 is 0 Å². The van der Waals surface area contributed by atoms with Gasteiger partial charge in [-0.05, 0) is 49.9 Å². The second kappa shape index (κ2) is 8.41. The third-order valence-corrected chi connectivity index (χ3v) is 7.18. The van der Waals surface area contributed by atoms with Crippen molar-refractivity contribution in [2.75, 3.05) is 39.3 Å². The van der Waals surface area contributed by atoms with E-state index in [9.17, 15) is 18.0 Å². The Kier molecular flexibility index (Phi) is 5.89. The summed E-state index contributed by atoms with van der Waals surface area (Å²) in [5, 5.41) is 0. The average Bonchev–Trinajstić information content (AvgIpc) is 3.47. The Morgan fingerprint density at radius 3 is 2.24 bits per heavy atom. The molecule has 2 aliphatic heterocycles. The molecule has 1 atom stereocenters. The molecule has 9 heteroatoms. The summed E-state index contributed by atoms with van der Waals surface area (Å²) in [5.74, 6) is 0.266. The summed E-state index contributed by atoms with van der Waals surface area (Å²) in [6.07, 6.45) is 3.70. The van der Waals surface area contributed by atoms with Crippen LogP contribution in [0.1, 0.15) is 36.0 Å². The van der Waals surface area contributed by atoms with Crippen molar-refractivity contribution in [1.29, 1.82) is 0 Å². The molecule has 1 aromatic rings. The summed E-state index contributed by atoms with van der Waals surface area (Å²) < 4.78 is 32.9. The van der Waals surface area contributed by atoms with Crippen LogP contribution in [0.25, 0.3) is 0 Å². The lowest BCUT2D eigenvalue weighted by Crippen LogP contribution is -2.51. The number of amides is 2. The van der Waals surface area contributed by atoms with Gasteiger partial charge < -0.3 is 14.5 Å². The summed E-state index contributed by atoms with van der Waals surface area (Å²) in [4.78, 5) is 28.5. The molecule has 0 aromatic heterocycles. The molecule has 0 radical (unpaired) electrons. The minimum atomic E-state index is -3.63. The number of carbonyl (C=O) groups excluding carboxylic acids is 2. The van der Waals surface area contributed by atoms with Gasteiger partial charge in [0.1, 0.15) is 0 Å². The third kappa shape index (κ3) is 4.79. The van der Waals surface area contributed by atoms with Gasteiger partial charge >= 0.3 is 0 Å². The molecule has 29 heavy (non-hydrogen) atoms. The summed E-state index contributed by atoms with van der Waals surface area (Å²) in [7, 11) is -3.63. The van der Waals surface area contributed by atoms with Crippen molar-refractivity contribution in [1.82, 2.24) is 14.5 Å². The van der Waals surface area contributed by atoms with Gasteiger partial charge in [0.05, 0.1) is 11.0 Å². The molecule has 2 heterocycles. The van der Waals surface area contributed by atoms with Crippen molar-refractivity contribution in [2.24, 2.45) is 5.92 Å². The lowest BCUT2D eigenvalue weighted by molar-refractivity contribution is -0.134. The highest BCUT2D eigenvalue weighted by Crippen LogP contribution is 2.31. The fourth-order valence-electron chi connectivity index (χ4n) is 3.77. The van der Waals surface area contributed by atoms with E-state index < -0.39 is 10.0 Å². The third-order valence-electron chi connectivity index (χ3n) is 5.74. The monoisotopic (exact) mass is 421 g/mol. The number of hydrogen-bond acceptors (Lipinski definition) is 5. The van der Waals surface area contributed by atoms with Gasteiger partial charge in [-0.25, -0.2) is 13.1 Å². The number of carbonyl (C=O) groups is 2. The molecule has 2 saturated heterocycles. The number of sulfonamides is 1. The molecular weight excluding hydrogens is 394 g/mol. The van der Waals surface area contributed by atoms with Gasteiger partial charge in [0, 0.05) is 50.8 Å². The number of nitrogens with zero attached hydrogens (tertiary/aromatic N) is 2. The van der Waals surface area contributed by atoms with E-state index >= 15 is 0 Å². The first-order valence-corrected chi connectivity index (χ1v) is 11.7. The molecule has 1 N–H and O–H groups in total. The van der Waals surface area contributed by atoms with E-state index in [1.54, 1.807) is 17.0 Å². The van der Waals surface area contributed by atoms with E-state index in [2.05, 4.69) is 4.72 Å². The van der Waals surface area contributed by atoms with E-state index in [1.807, 2.05) is 4.90 Å². The smallest absolute Gasteiger partial charge is 0.253 e. The van der Waals surface area contributed by atoms with Gasteiger partial charge in [0.25, 0.3) is 5.91 Å². The van der Waals surface area contributed by atoms with Crippen molar-refractivity contribution >= 4 is 21.8 Å². The van der Waals surface area contributed by atoms with Crippen LogP contribution in [0.2, 0.25) is 0 Å². The number of benzene rings is 1. The molecule has 1 aromatic carbocycles. The predicted octanol–water partition coefficient (Wildman–Crippen LogP) is 0.838. The lowest BCUT2D eigenvalue weighted by atomic mass is 10.1. The van der Waals surface area contributed by atoms with Gasteiger partial charge in [-0.2, -0.15) is 0 Å². The van der Waals surface area contributed by atoms with Crippen LogP contribution in [0.5, 0.6) is 0 Å². The SMILES string of the molecule is O=C(c1ccc(S(=O)(=O)NCC2CCCO2)cc1)N1CCN(C(=O)C2CC2)CC1. The number of ether oxygens (including phenoxy) is 1. The molecule has 4 rings (SSSR count). The maximum absolute atomic E-state index is 12.7. The second-order valence-electron chi connectivity index (χ2n) is 7.90. The van der Waals surface area contributed by atoms with Gasteiger partial charge in [0.2, 0.25) is 15.9 Å². The van der Waals surface area contributed by atoms with Crippen LogP contribution in [0.3, 0.4) is 0 Å². The molecule has 158 valence electrons. The predicted molar refractivity (Wildman–Crippen MR) is 106 cm³/mol. The highest BCUT2D eigenvalue weighted by molar-refractivity contribution is 7.89. The number of nitrogens with one attached hydrogen (secondary N) is 1. The Morgan fingerprint density at radius 1 is 1.00 bits per heavy atom. The Bertz CT molecular complexity index is 853. The lowest BCUT2D eigenvalue weighted by Gasteiger charge is -2.35. The Morgan fingerprint density at radius 2 is 1.66 bits per heavy atom. The summed E-state index contributed by atoms with van der Waals surface area (Å²) in [6.45, 7) is 3.04. The van der Waals surface area contributed by atoms with Gasteiger partial charge in [-0.3, -0.25) is 9.59 Å². The van der Waals surface area contributed by atoms with Gasteiger partial charge in [-0.1, -0.05) is 0 Å². The zero-order chi connectivity index (χ0) is 20.4. The maximum Gasteiger partial charge on any atom is 0.253 e. The summed E-state index contributed by atoms with van der Waals surface area (Å²) in [6, 6.07) is 6.01. The van der Waals surface area contributed by atoms with E-state index in [0.29, 0.717) is 38.3 Å². The number of rotatable bonds is 6. The molecule has 1 aliphatic carbocycles. The number of piperazine rings is 1. The summed E-state index contributed by atoms with van der Waals surface area (Å²) in [5.41, 5.74) is 0.449. The van der Waals surface area contributed by atoms with Crippen molar-refractivity contribution in [3.8, 4) is 0 Å². The Balaban J connectivity index is 1.32. The van der Waals surface area contributed by atoms with E-state index in [-0.39, 0.29) is 35.3 Å². The number of hydrogen-bond donors (Lipinski definition) is 1. The van der Waals surface area contributed by atoms with Crippen molar-refractivity contribution in [3.05, 3.63) is 29.8 Å². The molecular formula is C20H27N3O5S. The van der Waals surface area contributed by atoms with Crippen LogP contribution in [0.4, 0.5) is 0 Å². The van der Waals surface area contributed by atoms with E-state index in [0.717, 1.165) is 25.7 Å².